The standard InChI is InChI=1S/C22H26N2O3/c1-4-23(5-2)19-12-10-16(11-13-19)21(25)24-15-18-9-7-6-8-17(18)14-20(24)22(26)27-3/h6-13,20H,4-5,14-15H2,1-3H3. The maximum atomic E-state index is 13.2. The number of rotatable bonds is 5. The van der Waals surface area contributed by atoms with Gasteiger partial charge in [0.25, 0.3) is 5.91 Å². The summed E-state index contributed by atoms with van der Waals surface area (Å²) in [5.41, 5.74) is 3.84. The van der Waals surface area contributed by atoms with Crippen molar-refractivity contribution in [3.05, 3.63) is 65.2 Å². The average molecular weight is 366 g/mol. The van der Waals surface area contributed by atoms with Crippen LogP contribution in [0.15, 0.2) is 48.5 Å². The Bertz CT molecular complexity index is 813. The van der Waals surface area contributed by atoms with Gasteiger partial charge in [0.05, 0.1) is 7.11 Å². The van der Waals surface area contributed by atoms with Crippen molar-refractivity contribution in [3.63, 3.8) is 0 Å². The molecule has 5 heteroatoms. The number of nitrogens with zero attached hydrogens (tertiary/aromatic N) is 2. The summed E-state index contributed by atoms with van der Waals surface area (Å²) >= 11 is 0. The summed E-state index contributed by atoms with van der Waals surface area (Å²) < 4.78 is 4.96. The molecule has 0 saturated carbocycles. The Hall–Kier alpha value is -2.82. The molecular weight excluding hydrogens is 340 g/mol. The van der Waals surface area contributed by atoms with Crippen molar-refractivity contribution in [1.82, 2.24) is 4.90 Å². The Balaban J connectivity index is 1.88. The largest absolute Gasteiger partial charge is 0.467 e. The highest BCUT2D eigenvalue weighted by atomic mass is 16.5. The highest BCUT2D eigenvalue weighted by molar-refractivity contribution is 5.97. The third-order valence-electron chi connectivity index (χ3n) is 5.23. The molecular formula is C22H26N2O3. The number of carbonyl (C=O) groups is 2. The normalized spacial score (nSPS) is 15.8. The predicted molar refractivity (Wildman–Crippen MR) is 106 cm³/mol. The van der Waals surface area contributed by atoms with Gasteiger partial charge in [0.1, 0.15) is 6.04 Å². The fourth-order valence-corrected chi connectivity index (χ4v) is 3.65. The van der Waals surface area contributed by atoms with E-state index in [0.717, 1.165) is 29.9 Å². The quantitative estimate of drug-likeness (QED) is 0.762. The summed E-state index contributed by atoms with van der Waals surface area (Å²) in [5.74, 6) is -0.524. The number of methoxy groups -OCH3 is 1. The van der Waals surface area contributed by atoms with Crippen LogP contribution in [0.3, 0.4) is 0 Å². The molecule has 1 unspecified atom stereocenters. The van der Waals surface area contributed by atoms with Crippen LogP contribution in [0.4, 0.5) is 5.69 Å². The number of esters is 1. The molecule has 0 bridgehead atoms. The number of benzene rings is 2. The van der Waals surface area contributed by atoms with E-state index in [1.165, 1.54) is 7.11 Å². The Morgan fingerprint density at radius 3 is 2.26 bits per heavy atom. The van der Waals surface area contributed by atoms with Gasteiger partial charge in [-0.05, 0) is 49.2 Å². The molecule has 0 fully saturated rings. The average Bonchev–Trinajstić information content (AvgIpc) is 2.73. The van der Waals surface area contributed by atoms with Gasteiger partial charge in [-0.15, -0.1) is 0 Å². The van der Waals surface area contributed by atoms with E-state index in [9.17, 15) is 9.59 Å². The van der Waals surface area contributed by atoms with E-state index in [1.54, 1.807) is 4.90 Å². The molecule has 1 heterocycles. The van der Waals surface area contributed by atoms with Crippen LogP contribution in [0.5, 0.6) is 0 Å². The third-order valence-corrected chi connectivity index (χ3v) is 5.23. The predicted octanol–water partition coefficient (Wildman–Crippen LogP) is 3.27. The van der Waals surface area contributed by atoms with Crippen molar-refractivity contribution >= 4 is 17.6 Å². The highest BCUT2D eigenvalue weighted by Gasteiger charge is 2.35. The third kappa shape index (κ3) is 3.82. The Morgan fingerprint density at radius 1 is 1.04 bits per heavy atom. The number of anilines is 1. The fraction of sp³-hybridized carbons (Fsp3) is 0.364. The SMILES string of the molecule is CCN(CC)c1ccc(C(=O)N2Cc3ccccc3CC2C(=O)OC)cc1. The minimum absolute atomic E-state index is 0.147. The second-order valence-corrected chi connectivity index (χ2v) is 6.66. The molecule has 5 nitrogen and oxygen atoms in total. The van der Waals surface area contributed by atoms with Crippen molar-refractivity contribution in [2.45, 2.75) is 32.9 Å². The molecule has 27 heavy (non-hydrogen) atoms. The van der Waals surface area contributed by atoms with Crippen molar-refractivity contribution < 1.29 is 14.3 Å². The maximum Gasteiger partial charge on any atom is 0.328 e. The van der Waals surface area contributed by atoms with E-state index in [0.29, 0.717) is 18.5 Å². The van der Waals surface area contributed by atoms with Crippen molar-refractivity contribution in [1.29, 1.82) is 0 Å². The first-order chi connectivity index (χ1) is 13.1. The number of fused-ring (bicyclic) bond motifs is 1. The lowest BCUT2D eigenvalue weighted by Gasteiger charge is -2.35. The summed E-state index contributed by atoms with van der Waals surface area (Å²) in [6.45, 7) is 6.45. The highest BCUT2D eigenvalue weighted by Crippen LogP contribution is 2.26. The number of hydrogen-bond donors (Lipinski definition) is 0. The second kappa shape index (κ2) is 8.25. The van der Waals surface area contributed by atoms with Crippen LogP contribution in [0.2, 0.25) is 0 Å². The Kier molecular flexibility index (Phi) is 5.79. The first-order valence-corrected chi connectivity index (χ1v) is 9.39. The van der Waals surface area contributed by atoms with Gasteiger partial charge in [-0.25, -0.2) is 4.79 Å². The van der Waals surface area contributed by atoms with Crippen LogP contribution in [0.25, 0.3) is 0 Å². The van der Waals surface area contributed by atoms with Crippen LogP contribution in [0, 0.1) is 0 Å². The van der Waals surface area contributed by atoms with Gasteiger partial charge in [0.2, 0.25) is 0 Å². The molecule has 0 aromatic heterocycles. The van der Waals surface area contributed by atoms with Gasteiger partial charge in [-0.2, -0.15) is 0 Å². The Labute approximate surface area is 160 Å². The van der Waals surface area contributed by atoms with E-state index >= 15 is 0 Å². The molecule has 1 aliphatic rings. The van der Waals surface area contributed by atoms with Crippen LogP contribution in [-0.4, -0.2) is 43.0 Å². The molecule has 0 N–H and O–H groups in total. The lowest BCUT2D eigenvalue weighted by molar-refractivity contribution is -0.146. The molecule has 2 aromatic carbocycles. The van der Waals surface area contributed by atoms with Gasteiger partial charge < -0.3 is 14.5 Å². The fourth-order valence-electron chi connectivity index (χ4n) is 3.65. The van der Waals surface area contributed by atoms with Gasteiger partial charge in [-0.3, -0.25) is 4.79 Å². The van der Waals surface area contributed by atoms with Crippen LogP contribution >= 0.6 is 0 Å². The molecule has 1 atom stereocenters. The van der Waals surface area contributed by atoms with E-state index in [4.69, 9.17) is 4.74 Å². The zero-order valence-electron chi connectivity index (χ0n) is 16.1. The van der Waals surface area contributed by atoms with E-state index in [1.807, 2.05) is 48.5 Å². The van der Waals surface area contributed by atoms with Crippen LogP contribution < -0.4 is 4.90 Å². The van der Waals surface area contributed by atoms with Gasteiger partial charge >= 0.3 is 5.97 Å². The van der Waals surface area contributed by atoms with Crippen molar-refractivity contribution in [2.75, 3.05) is 25.1 Å². The minimum Gasteiger partial charge on any atom is -0.467 e. The first kappa shape index (κ1) is 19.0. The Morgan fingerprint density at radius 2 is 1.67 bits per heavy atom. The first-order valence-electron chi connectivity index (χ1n) is 9.39. The summed E-state index contributed by atoms with van der Waals surface area (Å²) in [6, 6.07) is 14.9. The van der Waals surface area contributed by atoms with E-state index < -0.39 is 6.04 Å². The molecule has 3 rings (SSSR count). The monoisotopic (exact) mass is 366 g/mol. The van der Waals surface area contributed by atoms with E-state index in [2.05, 4.69) is 18.7 Å². The van der Waals surface area contributed by atoms with Crippen LogP contribution in [-0.2, 0) is 22.5 Å². The number of amides is 1. The van der Waals surface area contributed by atoms with Crippen molar-refractivity contribution in [2.24, 2.45) is 0 Å². The number of hydrogen-bond acceptors (Lipinski definition) is 4. The zero-order chi connectivity index (χ0) is 19.4. The molecule has 0 radical (unpaired) electrons. The van der Waals surface area contributed by atoms with E-state index in [-0.39, 0.29) is 11.9 Å². The topological polar surface area (TPSA) is 49.9 Å². The summed E-state index contributed by atoms with van der Waals surface area (Å²) in [6.07, 6.45) is 0.478. The summed E-state index contributed by atoms with van der Waals surface area (Å²) in [5, 5.41) is 0. The molecule has 0 spiro atoms. The maximum absolute atomic E-state index is 13.2. The molecule has 2 aromatic rings. The summed E-state index contributed by atoms with van der Waals surface area (Å²) in [4.78, 5) is 29.3. The molecule has 142 valence electrons. The number of carbonyl (C=O) groups excluding carboxylic acids is 2. The second-order valence-electron chi connectivity index (χ2n) is 6.66. The summed E-state index contributed by atoms with van der Waals surface area (Å²) in [7, 11) is 1.37. The number of ether oxygens (including phenoxy) is 1. The molecule has 0 saturated heterocycles. The van der Waals surface area contributed by atoms with Crippen LogP contribution in [0.1, 0.15) is 35.3 Å². The molecule has 1 aliphatic heterocycles. The lowest BCUT2D eigenvalue weighted by atomic mass is 9.93. The molecule has 1 amide bonds. The van der Waals surface area contributed by atoms with Gasteiger partial charge in [-0.1, -0.05) is 24.3 Å². The van der Waals surface area contributed by atoms with Crippen molar-refractivity contribution in [3.8, 4) is 0 Å². The smallest absolute Gasteiger partial charge is 0.328 e. The molecule has 0 aliphatic carbocycles. The van der Waals surface area contributed by atoms with Gasteiger partial charge in [0.15, 0.2) is 0 Å². The lowest BCUT2D eigenvalue weighted by Crippen LogP contribution is -2.49. The zero-order valence-corrected chi connectivity index (χ0v) is 16.1. The minimum atomic E-state index is -0.597. The van der Waals surface area contributed by atoms with Gasteiger partial charge in [0, 0.05) is 37.3 Å².